The number of morpholine rings is 1. The lowest BCUT2D eigenvalue weighted by Crippen LogP contribution is -2.42. The molecule has 1 aliphatic heterocycles. The van der Waals surface area contributed by atoms with Gasteiger partial charge in [0.2, 0.25) is 11.8 Å². The molecule has 0 bridgehead atoms. The molecule has 0 unspecified atom stereocenters. The number of amides is 1. The van der Waals surface area contributed by atoms with E-state index >= 15 is 0 Å². The van der Waals surface area contributed by atoms with Crippen molar-refractivity contribution in [2.24, 2.45) is 0 Å². The molecular formula is C15H16ClN3O4. The molecule has 8 heteroatoms. The highest BCUT2D eigenvalue weighted by atomic mass is 35.5. The zero-order valence-corrected chi connectivity index (χ0v) is 13.5. The maximum atomic E-state index is 12.8. The van der Waals surface area contributed by atoms with E-state index in [0.717, 1.165) is 0 Å². The normalized spacial score (nSPS) is 18.0. The van der Waals surface area contributed by atoms with Gasteiger partial charge in [0.25, 0.3) is 5.91 Å². The van der Waals surface area contributed by atoms with Crippen LogP contribution in [0.5, 0.6) is 5.75 Å². The fraction of sp³-hybridized carbons (Fsp3) is 0.400. The van der Waals surface area contributed by atoms with Gasteiger partial charge in [0.15, 0.2) is 6.10 Å². The molecule has 0 N–H and O–H groups in total. The number of aryl methyl sites for hydroxylation is 1. The van der Waals surface area contributed by atoms with Gasteiger partial charge in [0.05, 0.1) is 25.8 Å². The average Bonchev–Trinajstić information content (AvgIpc) is 3.01. The van der Waals surface area contributed by atoms with Crippen molar-refractivity contribution in [2.75, 3.05) is 26.8 Å². The van der Waals surface area contributed by atoms with E-state index in [-0.39, 0.29) is 5.91 Å². The number of hydrogen-bond acceptors (Lipinski definition) is 6. The summed E-state index contributed by atoms with van der Waals surface area (Å²) in [5.41, 5.74) is 0.419. The SMILES string of the molecule is COc1ccc(Cl)cc1C(=O)N1CCO[C@@H](c2nnc(C)o2)C1. The lowest BCUT2D eigenvalue weighted by Gasteiger charge is -2.31. The van der Waals surface area contributed by atoms with E-state index in [1.807, 2.05) is 0 Å². The summed E-state index contributed by atoms with van der Waals surface area (Å²) in [5, 5.41) is 8.23. The second-order valence-electron chi connectivity index (χ2n) is 5.11. The van der Waals surface area contributed by atoms with Crippen molar-refractivity contribution < 1.29 is 18.7 Å². The summed E-state index contributed by atoms with van der Waals surface area (Å²) in [6, 6.07) is 4.96. The Balaban J connectivity index is 1.81. The van der Waals surface area contributed by atoms with Crippen LogP contribution in [0.3, 0.4) is 0 Å². The minimum Gasteiger partial charge on any atom is -0.496 e. The quantitative estimate of drug-likeness (QED) is 0.855. The lowest BCUT2D eigenvalue weighted by atomic mass is 10.1. The molecule has 1 saturated heterocycles. The van der Waals surface area contributed by atoms with E-state index in [2.05, 4.69) is 10.2 Å². The number of halogens is 1. The number of rotatable bonds is 3. The van der Waals surface area contributed by atoms with Crippen molar-refractivity contribution in [1.82, 2.24) is 15.1 Å². The Morgan fingerprint density at radius 2 is 2.26 bits per heavy atom. The number of methoxy groups -OCH3 is 1. The van der Waals surface area contributed by atoms with Gasteiger partial charge in [-0.1, -0.05) is 11.6 Å². The van der Waals surface area contributed by atoms with Crippen molar-refractivity contribution in [3.05, 3.63) is 40.6 Å². The summed E-state index contributed by atoms with van der Waals surface area (Å²) >= 11 is 6.00. The van der Waals surface area contributed by atoms with Crippen molar-refractivity contribution >= 4 is 17.5 Å². The summed E-state index contributed by atoms with van der Waals surface area (Å²) in [6.07, 6.45) is -0.431. The Bertz CT molecular complexity index is 718. The maximum Gasteiger partial charge on any atom is 0.257 e. The zero-order chi connectivity index (χ0) is 16.4. The average molecular weight is 338 g/mol. The van der Waals surface area contributed by atoms with E-state index in [0.29, 0.717) is 47.8 Å². The van der Waals surface area contributed by atoms with Gasteiger partial charge in [0.1, 0.15) is 5.75 Å². The Hall–Kier alpha value is -2.12. The van der Waals surface area contributed by atoms with Crippen LogP contribution in [-0.2, 0) is 4.74 Å². The molecule has 1 amide bonds. The van der Waals surface area contributed by atoms with Crippen LogP contribution < -0.4 is 4.74 Å². The second kappa shape index (κ2) is 6.55. The van der Waals surface area contributed by atoms with Crippen molar-refractivity contribution in [2.45, 2.75) is 13.0 Å². The van der Waals surface area contributed by atoms with Crippen LogP contribution >= 0.6 is 11.6 Å². The van der Waals surface area contributed by atoms with E-state index < -0.39 is 6.10 Å². The molecule has 1 atom stereocenters. The molecular weight excluding hydrogens is 322 g/mol. The Labute approximate surface area is 138 Å². The smallest absolute Gasteiger partial charge is 0.257 e. The molecule has 0 aliphatic carbocycles. The number of carbonyl (C=O) groups is 1. The van der Waals surface area contributed by atoms with Gasteiger partial charge in [-0.3, -0.25) is 4.79 Å². The zero-order valence-electron chi connectivity index (χ0n) is 12.8. The fourth-order valence-electron chi connectivity index (χ4n) is 2.44. The largest absolute Gasteiger partial charge is 0.496 e. The van der Waals surface area contributed by atoms with E-state index in [1.165, 1.54) is 7.11 Å². The maximum absolute atomic E-state index is 12.8. The molecule has 0 spiro atoms. The summed E-state index contributed by atoms with van der Waals surface area (Å²) in [4.78, 5) is 14.4. The number of hydrogen-bond donors (Lipinski definition) is 0. The summed E-state index contributed by atoms with van der Waals surface area (Å²) < 4.78 is 16.3. The fourth-order valence-corrected chi connectivity index (χ4v) is 2.61. The third kappa shape index (κ3) is 3.30. The third-order valence-corrected chi connectivity index (χ3v) is 3.80. The van der Waals surface area contributed by atoms with Gasteiger partial charge in [0, 0.05) is 18.5 Å². The second-order valence-corrected chi connectivity index (χ2v) is 5.55. The lowest BCUT2D eigenvalue weighted by molar-refractivity contribution is -0.0350. The molecule has 2 heterocycles. The molecule has 0 saturated carbocycles. The van der Waals surface area contributed by atoms with E-state index in [1.54, 1.807) is 30.0 Å². The van der Waals surface area contributed by atoms with Gasteiger partial charge in [-0.2, -0.15) is 0 Å². The number of ether oxygens (including phenoxy) is 2. The minimum absolute atomic E-state index is 0.172. The van der Waals surface area contributed by atoms with Gasteiger partial charge in [-0.25, -0.2) is 0 Å². The molecule has 1 aromatic heterocycles. The van der Waals surface area contributed by atoms with Gasteiger partial charge < -0.3 is 18.8 Å². The monoisotopic (exact) mass is 337 g/mol. The minimum atomic E-state index is -0.431. The third-order valence-electron chi connectivity index (χ3n) is 3.56. The van der Waals surface area contributed by atoms with Crippen LogP contribution in [0.25, 0.3) is 0 Å². The molecule has 122 valence electrons. The van der Waals surface area contributed by atoms with Crippen LogP contribution in [0.4, 0.5) is 0 Å². The molecule has 2 aromatic rings. The van der Waals surface area contributed by atoms with Crippen molar-refractivity contribution in [3.63, 3.8) is 0 Å². The number of nitrogens with zero attached hydrogens (tertiary/aromatic N) is 3. The Morgan fingerprint density at radius 1 is 1.43 bits per heavy atom. The summed E-state index contributed by atoms with van der Waals surface area (Å²) in [5.74, 6) is 1.14. The molecule has 1 aromatic carbocycles. The topological polar surface area (TPSA) is 77.7 Å². The van der Waals surface area contributed by atoms with E-state index in [9.17, 15) is 4.79 Å². The van der Waals surface area contributed by atoms with Crippen LogP contribution in [0, 0.1) is 6.92 Å². The number of aromatic nitrogens is 2. The molecule has 3 rings (SSSR count). The first-order chi connectivity index (χ1) is 11.1. The summed E-state index contributed by atoms with van der Waals surface area (Å²) in [6.45, 7) is 2.90. The highest BCUT2D eigenvalue weighted by Gasteiger charge is 2.30. The predicted octanol–water partition coefficient (Wildman–Crippen LogP) is 2.25. The number of carbonyl (C=O) groups excluding carboxylic acids is 1. The van der Waals surface area contributed by atoms with Gasteiger partial charge in [-0.05, 0) is 18.2 Å². The van der Waals surface area contributed by atoms with Gasteiger partial charge in [-0.15, -0.1) is 10.2 Å². The van der Waals surface area contributed by atoms with Crippen LogP contribution in [0.15, 0.2) is 22.6 Å². The van der Waals surface area contributed by atoms with Gasteiger partial charge >= 0.3 is 0 Å². The Morgan fingerprint density at radius 3 is 2.96 bits per heavy atom. The standard InChI is InChI=1S/C15H16ClN3O4/c1-9-17-18-14(23-9)13-8-19(5-6-22-13)15(20)11-7-10(16)3-4-12(11)21-2/h3-4,7,13H,5-6,8H2,1-2H3/t13-/m1/s1. The first kappa shape index (κ1) is 15.8. The Kier molecular flexibility index (Phi) is 4.49. The number of benzene rings is 1. The molecule has 1 aliphatic rings. The predicted molar refractivity (Wildman–Crippen MR) is 81.6 cm³/mol. The van der Waals surface area contributed by atoms with Crippen LogP contribution in [0.2, 0.25) is 5.02 Å². The van der Waals surface area contributed by atoms with Crippen molar-refractivity contribution in [1.29, 1.82) is 0 Å². The first-order valence-corrected chi connectivity index (χ1v) is 7.50. The molecule has 1 fully saturated rings. The molecule has 0 radical (unpaired) electrons. The van der Waals surface area contributed by atoms with Crippen LogP contribution in [-0.4, -0.2) is 47.8 Å². The molecule has 7 nitrogen and oxygen atoms in total. The molecule has 23 heavy (non-hydrogen) atoms. The van der Waals surface area contributed by atoms with Crippen LogP contribution in [0.1, 0.15) is 28.2 Å². The van der Waals surface area contributed by atoms with Crippen molar-refractivity contribution in [3.8, 4) is 5.75 Å². The first-order valence-electron chi connectivity index (χ1n) is 7.13. The summed E-state index contributed by atoms with van der Waals surface area (Å²) in [7, 11) is 1.52. The highest BCUT2D eigenvalue weighted by molar-refractivity contribution is 6.31. The highest BCUT2D eigenvalue weighted by Crippen LogP contribution is 2.27. The van der Waals surface area contributed by atoms with E-state index in [4.69, 9.17) is 25.5 Å².